The topological polar surface area (TPSA) is 61.7 Å². The number of phenolic OH excluding ortho intramolecular Hbond substituents is 2. The van der Waals surface area contributed by atoms with Crippen molar-refractivity contribution in [1.29, 1.82) is 0 Å². The van der Waals surface area contributed by atoms with Crippen molar-refractivity contribution < 1.29 is 19.3 Å². The fourth-order valence-corrected chi connectivity index (χ4v) is 2.25. The molecule has 0 bridgehead atoms. The summed E-state index contributed by atoms with van der Waals surface area (Å²) < 4.78 is 18.9. The lowest BCUT2D eigenvalue weighted by Gasteiger charge is -2.25. The maximum absolute atomic E-state index is 14.1. The number of nitrogens with one attached hydrogen (secondary N) is 1. The van der Waals surface area contributed by atoms with E-state index in [4.69, 9.17) is 4.74 Å². The summed E-state index contributed by atoms with van der Waals surface area (Å²) in [6.07, 6.45) is 1.70. The molecule has 0 aliphatic carbocycles. The van der Waals surface area contributed by atoms with Crippen LogP contribution in [-0.4, -0.2) is 30.4 Å². The summed E-state index contributed by atoms with van der Waals surface area (Å²) in [4.78, 5) is 0. The number of aromatic hydroxyl groups is 2. The zero-order chi connectivity index (χ0) is 12.4. The van der Waals surface area contributed by atoms with Crippen molar-refractivity contribution in [3.8, 4) is 17.2 Å². The van der Waals surface area contributed by atoms with Crippen LogP contribution >= 0.6 is 0 Å². The van der Waals surface area contributed by atoms with Crippen LogP contribution in [-0.2, 0) is 0 Å². The van der Waals surface area contributed by atoms with Crippen LogP contribution < -0.4 is 10.1 Å². The van der Waals surface area contributed by atoms with Crippen LogP contribution in [0, 0.1) is 5.82 Å². The van der Waals surface area contributed by atoms with Crippen LogP contribution in [0.5, 0.6) is 17.2 Å². The van der Waals surface area contributed by atoms with Crippen molar-refractivity contribution in [2.24, 2.45) is 0 Å². The Balaban J connectivity index is 2.46. The van der Waals surface area contributed by atoms with Crippen LogP contribution in [0.15, 0.2) is 6.07 Å². The van der Waals surface area contributed by atoms with Crippen LogP contribution in [0.1, 0.15) is 24.3 Å². The molecule has 94 valence electrons. The van der Waals surface area contributed by atoms with E-state index in [1.54, 1.807) is 0 Å². The lowest BCUT2D eigenvalue weighted by atomic mass is 9.90. The van der Waals surface area contributed by atoms with Gasteiger partial charge in [0.25, 0.3) is 0 Å². The van der Waals surface area contributed by atoms with E-state index in [0.29, 0.717) is 6.54 Å². The van der Waals surface area contributed by atoms with Crippen molar-refractivity contribution in [3.63, 3.8) is 0 Å². The van der Waals surface area contributed by atoms with E-state index in [-0.39, 0.29) is 28.7 Å². The molecule has 1 heterocycles. The second kappa shape index (κ2) is 4.79. The Morgan fingerprint density at radius 2 is 2.24 bits per heavy atom. The van der Waals surface area contributed by atoms with Gasteiger partial charge in [-0.2, -0.15) is 0 Å². The summed E-state index contributed by atoms with van der Waals surface area (Å²) in [7, 11) is 1.33. The molecular formula is C12H16FNO3. The Morgan fingerprint density at radius 3 is 2.82 bits per heavy atom. The minimum absolute atomic E-state index is 0.0409. The summed E-state index contributed by atoms with van der Waals surface area (Å²) in [5.41, 5.74) is 0.147. The maximum atomic E-state index is 14.1. The summed E-state index contributed by atoms with van der Waals surface area (Å²) in [6, 6.07) is 1.09. The van der Waals surface area contributed by atoms with Gasteiger partial charge in [0, 0.05) is 24.1 Å². The second-order valence-corrected chi connectivity index (χ2v) is 4.22. The van der Waals surface area contributed by atoms with Crippen LogP contribution in [0.2, 0.25) is 0 Å². The number of phenols is 2. The molecule has 1 unspecified atom stereocenters. The zero-order valence-electron chi connectivity index (χ0n) is 9.66. The van der Waals surface area contributed by atoms with Crippen molar-refractivity contribution in [1.82, 2.24) is 5.32 Å². The average Bonchev–Trinajstić information content (AvgIpc) is 2.35. The minimum Gasteiger partial charge on any atom is -0.504 e. The number of hydrogen-bond donors (Lipinski definition) is 3. The average molecular weight is 241 g/mol. The van der Waals surface area contributed by atoms with Crippen molar-refractivity contribution in [2.75, 3.05) is 20.2 Å². The number of piperidine rings is 1. The minimum atomic E-state index is -0.587. The van der Waals surface area contributed by atoms with Gasteiger partial charge in [-0.15, -0.1) is 0 Å². The van der Waals surface area contributed by atoms with Gasteiger partial charge in [0.15, 0.2) is 23.1 Å². The van der Waals surface area contributed by atoms with Gasteiger partial charge in [-0.25, -0.2) is 4.39 Å². The molecule has 1 aliphatic rings. The first-order valence-electron chi connectivity index (χ1n) is 5.64. The molecule has 0 radical (unpaired) electrons. The summed E-state index contributed by atoms with van der Waals surface area (Å²) in [5.74, 6) is -1.48. The van der Waals surface area contributed by atoms with E-state index in [2.05, 4.69) is 5.32 Å². The Bertz CT molecular complexity index is 417. The van der Waals surface area contributed by atoms with Crippen molar-refractivity contribution in [3.05, 3.63) is 17.4 Å². The Kier molecular flexibility index (Phi) is 3.38. The molecule has 1 aromatic rings. The van der Waals surface area contributed by atoms with Gasteiger partial charge < -0.3 is 20.3 Å². The van der Waals surface area contributed by atoms with Gasteiger partial charge in [-0.3, -0.25) is 0 Å². The molecule has 0 aromatic heterocycles. The molecule has 5 heteroatoms. The van der Waals surface area contributed by atoms with Crippen LogP contribution in [0.3, 0.4) is 0 Å². The molecule has 1 saturated heterocycles. The van der Waals surface area contributed by atoms with Gasteiger partial charge in [0.05, 0.1) is 7.11 Å². The van der Waals surface area contributed by atoms with Gasteiger partial charge >= 0.3 is 0 Å². The predicted octanol–water partition coefficient (Wildman–Crippen LogP) is 1.71. The molecule has 3 N–H and O–H groups in total. The normalized spacial score (nSPS) is 20.2. The van der Waals surface area contributed by atoms with E-state index in [1.807, 2.05) is 0 Å². The Hall–Kier alpha value is -1.49. The molecule has 0 saturated carbocycles. The zero-order valence-corrected chi connectivity index (χ0v) is 9.66. The lowest BCUT2D eigenvalue weighted by Crippen LogP contribution is -2.29. The van der Waals surface area contributed by atoms with Crippen molar-refractivity contribution >= 4 is 0 Å². The number of halogens is 1. The Morgan fingerprint density at radius 1 is 1.47 bits per heavy atom. The van der Waals surface area contributed by atoms with Gasteiger partial charge in [0.1, 0.15) is 0 Å². The third-order valence-electron chi connectivity index (χ3n) is 3.14. The van der Waals surface area contributed by atoms with E-state index >= 15 is 0 Å². The number of benzene rings is 1. The molecular weight excluding hydrogens is 225 g/mol. The van der Waals surface area contributed by atoms with Crippen LogP contribution in [0.25, 0.3) is 0 Å². The molecule has 4 nitrogen and oxygen atoms in total. The number of ether oxygens (including phenoxy) is 1. The largest absolute Gasteiger partial charge is 0.504 e. The SMILES string of the molecule is COc1cc(O)c(O)c(C2CCCNC2)c1F. The number of methoxy groups -OCH3 is 1. The maximum Gasteiger partial charge on any atom is 0.172 e. The van der Waals surface area contributed by atoms with Gasteiger partial charge in [-0.1, -0.05) is 0 Å². The lowest BCUT2D eigenvalue weighted by molar-refractivity contribution is 0.346. The van der Waals surface area contributed by atoms with E-state index in [1.165, 1.54) is 7.11 Å². The molecule has 1 fully saturated rings. The van der Waals surface area contributed by atoms with Gasteiger partial charge in [0.2, 0.25) is 0 Å². The molecule has 2 rings (SSSR count). The highest BCUT2D eigenvalue weighted by Gasteiger charge is 2.26. The highest BCUT2D eigenvalue weighted by Crippen LogP contribution is 2.42. The van der Waals surface area contributed by atoms with E-state index in [0.717, 1.165) is 25.5 Å². The molecule has 1 aliphatic heterocycles. The van der Waals surface area contributed by atoms with E-state index < -0.39 is 5.82 Å². The first kappa shape index (κ1) is 12.0. The summed E-state index contributed by atoms with van der Waals surface area (Å²) in [5, 5.41) is 22.5. The summed E-state index contributed by atoms with van der Waals surface area (Å²) >= 11 is 0. The van der Waals surface area contributed by atoms with Crippen molar-refractivity contribution in [2.45, 2.75) is 18.8 Å². The number of hydrogen-bond acceptors (Lipinski definition) is 4. The van der Waals surface area contributed by atoms with Gasteiger partial charge in [-0.05, 0) is 19.4 Å². The fourth-order valence-electron chi connectivity index (χ4n) is 2.25. The number of rotatable bonds is 2. The quantitative estimate of drug-likeness (QED) is 0.690. The predicted molar refractivity (Wildman–Crippen MR) is 61.1 cm³/mol. The third kappa shape index (κ3) is 2.15. The highest BCUT2D eigenvalue weighted by molar-refractivity contribution is 5.52. The van der Waals surface area contributed by atoms with E-state index in [9.17, 15) is 14.6 Å². The molecule has 1 atom stereocenters. The monoisotopic (exact) mass is 241 g/mol. The highest BCUT2D eigenvalue weighted by atomic mass is 19.1. The molecule has 17 heavy (non-hydrogen) atoms. The second-order valence-electron chi connectivity index (χ2n) is 4.22. The molecule has 0 spiro atoms. The smallest absolute Gasteiger partial charge is 0.172 e. The molecule has 0 amide bonds. The first-order chi connectivity index (χ1) is 8.15. The third-order valence-corrected chi connectivity index (χ3v) is 3.14. The van der Waals surface area contributed by atoms with Crippen LogP contribution in [0.4, 0.5) is 4.39 Å². The standard InChI is InChI=1S/C12H16FNO3/c1-17-9-5-8(15)12(16)10(11(9)13)7-3-2-4-14-6-7/h5,7,14-16H,2-4,6H2,1H3. The Labute approximate surface area is 99.0 Å². The summed E-state index contributed by atoms with van der Waals surface area (Å²) in [6.45, 7) is 1.49. The fraction of sp³-hybridized carbons (Fsp3) is 0.500. The first-order valence-corrected chi connectivity index (χ1v) is 5.64. The molecule has 1 aromatic carbocycles.